The van der Waals surface area contributed by atoms with Crippen LogP contribution in [0.3, 0.4) is 0 Å². The first-order valence-electron chi connectivity index (χ1n) is 6.69. The standard InChI is InChI=1S/C14H26NO5/c1-12(2,3)15(7,8)19-10(16)9-14(6)11(17)18-13(4,5)20-14/h9H2,1-8H3/q+1. The third-order valence-corrected chi connectivity index (χ3v) is 3.67. The molecule has 116 valence electrons. The number of cyclic esters (lactones) is 1. The maximum Gasteiger partial charge on any atom is 0.370 e. The summed E-state index contributed by atoms with van der Waals surface area (Å²) < 4.78 is 10.7. The maximum absolute atomic E-state index is 12.1. The van der Waals surface area contributed by atoms with Crippen molar-refractivity contribution in [2.24, 2.45) is 0 Å². The van der Waals surface area contributed by atoms with Crippen molar-refractivity contribution in [2.45, 2.75) is 64.9 Å². The Bertz CT molecular complexity index is 422. The molecule has 1 aliphatic heterocycles. The van der Waals surface area contributed by atoms with Gasteiger partial charge in [-0.15, -0.1) is 4.65 Å². The zero-order valence-electron chi connectivity index (χ0n) is 13.7. The fourth-order valence-electron chi connectivity index (χ4n) is 1.74. The second-order valence-electron chi connectivity index (χ2n) is 7.28. The van der Waals surface area contributed by atoms with Crippen LogP contribution >= 0.6 is 0 Å². The summed E-state index contributed by atoms with van der Waals surface area (Å²) in [6, 6.07) is 0. The molecule has 0 aromatic rings. The van der Waals surface area contributed by atoms with Crippen LogP contribution < -0.4 is 0 Å². The van der Waals surface area contributed by atoms with Crippen molar-refractivity contribution in [3.05, 3.63) is 0 Å². The number of quaternary nitrogens is 1. The van der Waals surface area contributed by atoms with Crippen LogP contribution in [0.15, 0.2) is 0 Å². The lowest BCUT2D eigenvalue weighted by atomic mass is 10.0. The highest BCUT2D eigenvalue weighted by Gasteiger charge is 2.53. The van der Waals surface area contributed by atoms with Gasteiger partial charge in [0.1, 0.15) is 19.6 Å². The zero-order valence-corrected chi connectivity index (χ0v) is 13.7. The van der Waals surface area contributed by atoms with E-state index in [-0.39, 0.29) is 16.6 Å². The summed E-state index contributed by atoms with van der Waals surface area (Å²) in [5.41, 5.74) is -1.56. The molecule has 0 aliphatic carbocycles. The van der Waals surface area contributed by atoms with Gasteiger partial charge in [-0.25, -0.2) is 9.59 Å². The fraction of sp³-hybridized carbons (Fsp3) is 0.857. The average Bonchev–Trinajstić information content (AvgIpc) is 2.30. The molecule has 1 fully saturated rings. The molecule has 0 aromatic heterocycles. The van der Waals surface area contributed by atoms with Gasteiger partial charge in [0.25, 0.3) is 0 Å². The Morgan fingerprint density at radius 3 is 2.10 bits per heavy atom. The van der Waals surface area contributed by atoms with Gasteiger partial charge in [-0.2, -0.15) is 0 Å². The molecular weight excluding hydrogens is 262 g/mol. The minimum absolute atomic E-state index is 0.0559. The molecule has 0 spiro atoms. The van der Waals surface area contributed by atoms with Crippen molar-refractivity contribution in [1.82, 2.24) is 0 Å². The molecule has 0 saturated carbocycles. The summed E-state index contributed by atoms with van der Waals surface area (Å²) in [5, 5.41) is 0. The first-order chi connectivity index (χ1) is 8.69. The molecule has 0 radical (unpaired) electrons. The second kappa shape index (κ2) is 4.70. The summed E-state index contributed by atoms with van der Waals surface area (Å²) in [7, 11) is 3.58. The molecule has 0 N–H and O–H groups in total. The van der Waals surface area contributed by atoms with E-state index in [0.717, 1.165) is 0 Å². The van der Waals surface area contributed by atoms with E-state index in [9.17, 15) is 9.59 Å². The Kier molecular flexibility index (Phi) is 3.98. The molecule has 0 bridgehead atoms. The van der Waals surface area contributed by atoms with E-state index in [0.29, 0.717) is 0 Å². The molecule has 1 saturated heterocycles. The van der Waals surface area contributed by atoms with Gasteiger partial charge in [0.05, 0.1) is 6.42 Å². The third kappa shape index (κ3) is 3.49. The Labute approximate surface area is 120 Å². The fourth-order valence-corrected chi connectivity index (χ4v) is 1.74. The van der Waals surface area contributed by atoms with E-state index in [1.54, 1.807) is 34.9 Å². The van der Waals surface area contributed by atoms with Crippen LogP contribution in [0.4, 0.5) is 0 Å². The van der Waals surface area contributed by atoms with Crippen LogP contribution in [-0.2, 0) is 23.9 Å². The number of hydrogen-bond donors (Lipinski definition) is 0. The number of hydroxylamine groups is 3. The van der Waals surface area contributed by atoms with Gasteiger partial charge in [0, 0.05) is 13.8 Å². The first kappa shape index (κ1) is 16.9. The minimum Gasteiger partial charge on any atom is -0.432 e. The summed E-state index contributed by atoms with van der Waals surface area (Å²) in [6.45, 7) is 10.7. The predicted molar refractivity (Wildman–Crippen MR) is 72.2 cm³/mol. The van der Waals surface area contributed by atoms with Crippen LogP contribution in [0.25, 0.3) is 0 Å². The van der Waals surface area contributed by atoms with Gasteiger partial charge in [-0.3, -0.25) is 4.84 Å². The predicted octanol–water partition coefficient (Wildman–Crippen LogP) is 1.78. The lowest BCUT2D eigenvalue weighted by Crippen LogP contribution is -2.55. The second-order valence-corrected chi connectivity index (χ2v) is 7.28. The topological polar surface area (TPSA) is 61.8 Å². The van der Waals surface area contributed by atoms with Gasteiger partial charge in [-0.1, -0.05) is 0 Å². The summed E-state index contributed by atoms with van der Waals surface area (Å²) in [6.07, 6.45) is -0.174. The van der Waals surface area contributed by atoms with Crippen molar-refractivity contribution >= 4 is 11.9 Å². The number of carbonyl (C=O) groups is 2. The molecule has 1 unspecified atom stereocenters. The molecule has 1 aliphatic rings. The van der Waals surface area contributed by atoms with Gasteiger partial charge in [0.2, 0.25) is 5.79 Å². The summed E-state index contributed by atoms with van der Waals surface area (Å²) in [4.78, 5) is 29.4. The Hall–Kier alpha value is -1.14. The number of rotatable bonds is 3. The van der Waals surface area contributed by atoms with Crippen molar-refractivity contribution in [1.29, 1.82) is 0 Å². The van der Waals surface area contributed by atoms with E-state index in [2.05, 4.69) is 0 Å². The number of hydrogen-bond acceptors (Lipinski definition) is 5. The molecule has 0 amide bonds. The van der Waals surface area contributed by atoms with Gasteiger partial charge in [-0.05, 0) is 27.7 Å². The number of carbonyl (C=O) groups excluding carboxylic acids is 2. The summed E-state index contributed by atoms with van der Waals surface area (Å²) in [5.74, 6) is -2.05. The quantitative estimate of drug-likeness (QED) is 0.450. The van der Waals surface area contributed by atoms with E-state index in [1.165, 1.54) is 0 Å². The van der Waals surface area contributed by atoms with Gasteiger partial charge < -0.3 is 9.47 Å². The maximum atomic E-state index is 12.1. The van der Waals surface area contributed by atoms with Crippen molar-refractivity contribution in [2.75, 3.05) is 14.1 Å². The molecule has 0 aromatic carbocycles. The van der Waals surface area contributed by atoms with Crippen LogP contribution in [0, 0.1) is 0 Å². The van der Waals surface area contributed by atoms with Crippen molar-refractivity contribution in [3.63, 3.8) is 0 Å². The molecule has 6 nitrogen and oxygen atoms in total. The first-order valence-corrected chi connectivity index (χ1v) is 6.69. The lowest BCUT2D eigenvalue weighted by molar-refractivity contribution is -1.09. The third-order valence-electron chi connectivity index (χ3n) is 3.67. The van der Waals surface area contributed by atoms with Crippen LogP contribution in [0.5, 0.6) is 0 Å². The molecule has 6 heteroatoms. The van der Waals surface area contributed by atoms with Crippen molar-refractivity contribution in [3.8, 4) is 0 Å². The monoisotopic (exact) mass is 288 g/mol. The largest absolute Gasteiger partial charge is 0.432 e. The van der Waals surface area contributed by atoms with Gasteiger partial charge >= 0.3 is 11.9 Å². The molecular formula is C14H26NO5+. The van der Waals surface area contributed by atoms with E-state index in [1.807, 2.05) is 20.8 Å². The minimum atomic E-state index is -1.29. The molecule has 1 atom stereocenters. The number of nitrogens with zero attached hydrogens (tertiary/aromatic N) is 1. The summed E-state index contributed by atoms with van der Waals surface area (Å²) >= 11 is 0. The average molecular weight is 288 g/mol. The number of esters is 1. The normalized spacial score (nSPS) is 26.3. The van der Waals surface area contributed by atoms with Crippen LogP contribution in [0.1, 0.15) is 48.0 Å². The Morgan fingerprint density at radius 2 is 1.75 bits per heavy atom. The Morgan fingerprint density at radius 1 is 1.25 bits per heavy atom. The van der Waals surface area contributed by atoms with E-state index in [4.69, 9.17) is 14.3 Å². The number of ether oxygens (including phenoxy) is 2. The van der Waals surface area contributed by atoms with Gasteiger partial charge in [0.15, 0.2) is 5.60 Å². The van der Waals surface area contributed by atoms with E-state index >= 15 is 0 Å². The SMILES string of the molecule is CC1(C)OC(=O)C(C)(CC(=O)O[N+](C)(C)C(C)(C)C)O1. The highest BCUT2D eigenvalue weighted by atomic mass is 16.8. The molecule has 20 heavy (non-hydrogen) atoms. The molecule has 1 rings (SSSR count). The Balaban J connectivity index is 2.75. The van der Waals surface area contributed by atoms with Crippen molar-refractivity contribution < 1.29 is 28.5 Å². The smallest absolute Gasteiger partial charge is 0.370 e. The zero-order chi connectivity index (χ0) is 16.0. The van der Waals surface area contributed by atoms with Crippen LogP contribution in [-0.4, -0.2) is 47.6 Å². The van der Waals surface area contributed by atoms with E-state index < -0.39 is 23.3 Å². The molecule has 1 heterocycles. The highest BCUT2D eigenvalue weighted by molar-refractivity contribution is 5.86. The van der Waals surface area contributed by atoms with Crippen LogP contribution in [0.2, 0.25) is 0 Å². The lowest BCUT2D eigenvalue weighted by Gasteiger charge is -2.38. The highest BCUT2D eigenvalue weighted by Crippen LogP contribution is 2.35.